The van der Waals surface area contributed by atoms with E-state index in [4.69, 9.17) is 9.47 Å². The van der Waals surface area contributed by atoms with Crippen LogP contribution in [0.1, 0.15) is 17.5 Å². The average Bonchev–Trinajstić information content (AvgIpc) is 2.93. The molecule has 2 amide bonds. The summed E-state index contributed by atoms with van der Waals surface area (Å²) < 4.78 is 64.6. The second-order valence-corrected chi connectivity index (χ2v) is 9.88. The normalized spacial score (nSPS) is 16.6. The quantitative estimate of drug-likeness (QED) is 0.330. The monoisotopic (exact) mass is 575 g/mol. The molecule has 0 saturated carbocycles. The number of hydrogen-bond acceptors (Lipinski definition) is 6. The maximum absolute atomic E-state index is 14.1. The summed E-state index contributed by atoms with van der Waals surface area (Å²) in [5, 5.41) is 1.56. The molecule has 7 nitrogen and oxygen atoms in total. The van der Waals surface area contributed by atoms with E-state index in [0.29, 0.717) is 17.9 Å². The molecule has 40 heavy (non-hydrogen) atoms. The van der Waals surface area contributed by atoms with Crippen LogP contribution in [0.25, 0.3) is 0 Å². The number of amidine groups is 1. The van der Waals surface area contributed by atoms with Crippen molar-refractivity contribution in [1.29, 1.82) is 0 Å². The molecule has 1 saturated heterocycles. The van der Waals surface area contributed by atoms with E-state index in [-0.39, 0.29) is 29.5 Å². The van der Waals surface area contributed by atoms with Crippen LogP contribution in [0, 0.1) is 5.82 Å². The molecule has 1 heterocycles. The molecule has 0 bridgehead atoms. The van der Waals surface area contributed by atoms with E-state index in [9.17, 15) is 27.2 Å². The Bertz CT molecular complexity index is 1430. The van der Waals surface area contributed by atoms with Gasteiger partial charge in [0.25, 0.3) is 0 Å². The fourth-order valence-corrected chi connectivity index (χ4v) is 5.10. The first-order valence-electron chi connectivity index (χ1n) is 12.1. The maximum Gasteiger partial charge on any atom is 0.416 e. The van der Waals surface area contributed by atoms with E-state index in [0.717, 1.165) is 29.5 Å². The highest BCUT2D eigenvalue weighted by molar-refractivity contribution is 8.15. The Labute approximate surface area is 232 Å². The number of carbonyl (C=O) groups is 2. The van der Waals surface area contributed by atoms with Crippen LogP contribution in [0.15, 0.2) is 71.7 Å². The lowest BCUT2D eigenvalue weighted by Crippen LogP contribution is -2.46. The SMILES string of the molecule is COc1ccc(CCN2C(=O)CC(C(=O)Nc3ccccc3F)SC2=Nc2cccc(C(F)(F)F)c2)cc1OC. The zero-order valence-electron chi connectivity index (χ0n) is 21.5. The third kappa shape index (κ3) is 6.92. The van der Waals surface area contributed by atoms with Gasteiger partial charge in [-0.3, -0.25) is 14.5 Å². The van der Waals surface area contributed by atoms with Gasteiger partial charge in [0.1, 0.15) is 11.1 Å². The molecule has 3 aromatic carbocycles. The van der Waals surface area contributed by atoms with Crippen molar-refractivity contribution in [3.8, 4) is 11.5 Å². The molecule has 1 unspecified atom stereocenters. The lowest BCUT2D eigenvalue weighted by Gasteiger charge is -2.32. The first-order valence-corrected chi connectivity index (χ1v) is 13.0. The number of para-hydroxylation sites is 1. The van der Waals surface area contributed by atoms with Crippen molar-refractivity contribution >= 4 is 40.1 Å². The van der Waals surface area contributed by atoms with Crippen LogP contribution in [0.2, 0.25) is 0 Å². The summed E-state index contributed by atoms with van der Waals surface area (Å²) in [5.41, 5.74) is -0.162. The molecular weight excluding hydrogens is 550 g/mol. The summed E-state index contributed by atoms with van der Waals surface area (Å²) in [6.45, 7) is 0.140. The topological polar surface area (TPSA) is 80.2 Å². The number of anilines is 1. The van der Waals surface area contributed by atoms with E-state index in [1.165, 1.54) is 49.5 Å². The second kappa shape index (κ2) is 12.4. The minimum Gasteiger partial charge on any atom is -0.493 e. The molecule has 1 atom stereocenters. The summed E-state index contributed by atoms with van der Waals surface area (Å²) in [6, 6.07) is 15.3. The van der Waals surface area contributed by atoms with E-state index in [1.54, 1.807) is 24.3 Å². The van der Waals surface area contributed by atoms with Gasteiger partial charge in [-0.1, -0.05) is 36.0 Å². The molecule has 1 aliphatic heterocycles. The van der Waals surface area contributed by atoms with E-state index in [1.807, 2.05) is 0 Å². The largest absolute Gasteiger partial charge is 0.493 e. The number of nitrogens with zero attached hydrogens (tertiary/aromatic N) is 2. The van der Waals surface area contributed by atoms with E-state index >= 15 is 0 Å². The molecule has 1 aliphatic rings. The van der Waals surface area contributed by atoms with Gasteiger partial charge < -0.3 is 14.8 Å². The van der Waals surface area contributed by atoms with Crippen molar-refractivity contribution in [2.45, 2.75) is 24.3 Å². The molecular formula is C28H25F4N3O4S. The standard InChI is InChI=1S/C28H25F4N3O4S/c1-38-22-11-10-17(14-23(22)39-2)12-13-35-25(36)16-24(26(37)34-21-9-4-3-8-20(21)29)40-27(35)33-19-7-5-6-18(15-19)28(30,31)32/h3-11,14-15,24H,12-13,16H2,1-2H3,(H,34,37). The van der Waals surface area contributed by atoms with Crippen LogP contribution in [-0.2, 0) is 22.2 Å². The number of alkyl halides is 3. The highest BCUT2D eigenvalue weighted by Gasteiger charge is 2.36. The molecule has 1 N–H and O–H groups in total. The number of hydrogen-bond donors (Lipinski definition) is 1. The predicted molar refractivity (Wildman–Crippen MR) is 145 cm³/mol. The van der Waals surface area contributed by atoms with E-state index in [2.05, 4.69) is 10.3 Å². The molecule has 1 fully saturated rings. The molecule has 12 heteroatoms. The zero-order valence-corrected chi connectivity index (χ0v) is 22.3. The number of halogens is 4. The second-order valence-electron chi connectivity index (χ2n) is 8.71. The summed E-state index contributed by atoms with van der Waals surface area (Å²) in [7, 11) is 3.01. The van der Waals surface area contributed by atoms with Gasteiger partial charge in [-0.2, -0.15) is 13.2 Å². The van der Waals surface area contributed by atoms with Crippen molar-refractivity contribution in [2.24, 2.45) is 4.99 Å². The van der Waals surface area contributed by atoms with Crippen molar-refractivity contribution in [1.82, 2.24) is 4.90 Å². The van der Waals surface area contributed by atoms with Gasteiger partial charge in [0.15, 0.2) is 16.7 Å². The third-order valence-electron chi connectivity index (χ3n) is 6.03. The van der Waals surface area contributed by atoms with Crippen LogP contribution in [0.3, 0.4) is 0 Å². The lowest BCUT2D eigenvalue weighted by molar-refractivity contribution is -0.137. The number of nitrogens with one attached hydrogen (secondary N) is 1. The van der Waals surface area contributed by atoms with Crippen molar-refractivity contribution in [3.05, 3.63) is 83.7 Å². The van der Waals surface area contributed by atoms with E-state index < -0.39 is 34.6 Å². The number of carbonyl (C=O) groups excluding carboxylic acids is 2. The fraction of sp³-hybridized carbons (Fsp3) is 0.250. The van der Waals surface area contributed by atoms with Crippen LogP contribution in [0.4, 0.5) is 28.9 Å². The molecule has 0 radical (unpaired) electrons. The van der Waals surface area contributed by atoms with Gasteiger partial charge in [0.2, 0.25) is 11.8 Å². The van der Waals surface area contributed by atoms with Crippen molar-refractivity contribution in [2.75, 3.05) is 26.1 Å². The van der Waals surface area contributed by atoms with Crippen LogP contribution in [0.5, 0.6) is 11.5 Å². The van der Waals surface area contributed by atoms with Gasteiger partial charge >= 0.3 is 6.18 Å². The molecule has 0 aromatic heterocycles. The van der Waals surface area contributed by atoms with Crippen LogP contribution < -0.4 is 14.8 Å². The number of aliphatic imine (C=N–C) groups is 1. The van der Waals surface area contributed by atoms with Gasteiger partial charge in [-0.05, 0) is 54.4 Å². The maximum atomic E-state index is 14.1. The molecule has 0 aliphatic carbocycles. The van der Waals surface area contributed by atoms with Gasteiger partial charge in [0.05, 0.1) is 31.2 Å². The Morgan fingerprint density at radius 2 is 1.80 bits per heavy atom. The summed E-state index contributed by atoms with van der Waals surface area (Å²) in [5.74, 6) is -0.677. The molecule has 0 spiro atoms. The summed E-state index contributed by atoms with van der Waals surface area (Å²) >= 11 is 0.928. The Morgan fingerprint density at radius 3 is 2.50 bits per heavy atom. The highest BCUT2D eigenvalue weighted by atomic mass is 32.2. The Kier molecular flexibility index (Phi) is 8.98. The number of amides is 2. The first kappa shape index (κ1) is 28.9. The number of ether oxygens (including phenoxy) is 2. The Balaban J connectivity index is 1.61. The Hall–Kier alpha value is -4.06. The number of methoxy groups -OCH3 is 2. The minimum atomic E-state index is -4.58. The highest BCUT2D eigenvalue weighted by Crippen LogP contribution is 2.34. The van der Waals surface area contributed by atoms with Gasteiger partial charge in [0, 0.05) is 13.0 Å². The Morgan fingerprint density at radius 1 is 1.05 bits per heavy atom. The molecule has 3 aromatic rings. The molecule has 4 rings (SSSR count). The predicted octanol–water partition coefficient (Wildman–Crippen LogP) is 6.06. The number of benzene rings is 3. The van der Waals surface area contributed by atoms with Gasteiger partial charge in [-0.25, -0.2) is 9.38 Å². The minimum absolute atomic E-state index is 0.0311. The smallest absolute Gasteiger partial charge is 0.416 e. The molecule has 210 valence electrons. The number of thioether (sulfide) groups is 1. The first-order chi connectivity index (χ1) is 19.1. The average molecular weight is 576 g/mol. The zero-order chi connectivity index (χ0) is 28.9. The van der Waals surface area contributed by atoms with Crippen LogP contribution >= 0.6 is 11.8 Å². The van der Waals surface area contributed by atoms with Gasteiger partial charge in [-0.15, -0.1) is 0 Å². The third-order valence-corrected chi connectivity index (χ3v) is 7.22. The summed E-state index contributed by atoms with van der Waals surface area (Å²) in [4.78, 5) is 31.9. The number of rotatable bonds is 8. The van der Waals surface area contributed by atoms with Crippen molar-refractivity contribution in [3.63, 3.8) is 0 Å². The van der Waals surface area contributed by atoms with Crippen LogP contribution in [-0.4, -0.2) is 47.9 Å². The van der Waals surface area contributed by atoms with Crippen molar-refractivity contribution < 1.29 is 36.6 Å². The fourth-order valence-electron chi connectivity index (χ4n) is 3.98. The summed E-state index contributed by atoms with van der Waals surface area (Å²) in [6.07, 6.45) is -4.43. The lowest BCUT2D eigenvalue weighted by atomic mass is 10.1.